The van der Waals surface area contributed by atoms with Crippen LogP contribution in [0.15, 0.2) is 22.7 Å². The molecule has 0 aromatic heterocycles. The summed E-state index contributed by atoms with van der Waals surface area (Å²) in [7, 11) is 0. The van der Waals surface area contributed by atoms with Gasteiger partial charge in [-0.05, 0) is 12.1 Å². The first kappa shape index (κ1) is 23.3. The Labute approximate surface area is 165 Å². The predicted molar refractivity (Wildman–Crippen MR) is 91.7 cm³/mol. The molecule has 0 aliphatic heterocycles. The summed E-state index contributed by atoms with van der Waals surface area (Å²) in [6.45, 7) is -0.143. The number of hydrogen-bond donors (Lipinski definition) is 2. The second-order valence-corrected chi connectivity index (χ2v) is 6.57. The van der Waals surface area contributed by atoms with Crippen molar-refractivity contribution in [2.24, 2.45) is 5.92 Å². The van der Waals surface area contributed by atoms with E-state index in [4.69, 9.17) is 44.6 Å². The highest BCUT2D eigenvalue weighted by Crippen LogP contribution is 2.33. The SMILES string of the molecule is O=C(O)CC(CC(=O)Nc1cc(OCC=C(Cl)Cl)c(Cl)cc1F)C(F)(F)F. The zero-order chi connectivity index (χ0) is 20.8. The molecule has 0 aliphatic carbocycles. The molecular formula is C15H12Cl3F4NO4. The van der Waals surface area contributed by atoms with Gasteiger partial charge in [0.25, 0.3) is 0 Å². The monoisotopic (exact) mass is 451 g/mol. The van der Waals surface area contributed by atoms with E-state index in [1.54, 1.807) is 0 Å². The van der Waals surface area contributed by atoms with E-state index in [0.29, 0.717) is 0 Å². The topological polar surface area (TPSA) is 75.6 Å². The lowest BCUT2D eigenvalue weighted by Gasteiger charge is -2.18. The molecule has 1 aromatic carbocycles. The minimum absolute atomic E-state index is 0.0860. The number of anilines is 1. The van der Waals surface area contributed by atoms with Crippen LogP contribution in [-0.2, 0) is 9.59 Å². The van der Waals surface area contributed by atoms with Gasteiger partial charge in [-0.15, -0.1) is 0 Å². The summed E-state index contributed by atoms with van der Waals surface area (Å²) in [6, 6.07) is 1.75. The fourth-order valence-electron chi connectivity index (χ4n) is 1.87. The van der Waals surface area contributed by atoms with Crippen molar-refractivity contribution in [3.63, 3.8) is 0 Å². The maximum atomic E-state index is 13.9. The fraction of sp³-hybridized carbons (Fsp3) is 0.333. The molecule has 150 valence electrons. The van der Waals surface area contributed by atoms with Gasteiger partial charge in [0.15, 0.2) is 0 Å². The van der Waals surface area contributed by atoms with E-state index in [2.05, 4.69) is 0 Å². The Morgan fingerprint density at radius 1 is 1.26 bits per heavy atom. The number of benzene rings is 1. The van der Waals surface area contributed by atoms with Crippen LogP contribution in [0.2, 0.25) is 5.02 Å². The van der Waals surface area contributed by atoms with Gasteiger partial charge in [0.1, 0.15) is 22.7 Å². The highest BCUT2D eigenvalue weighted by atomic mass is 35.5. The average Bonchev–Trinajstić information content (AvgIpc) is 2.49. The number of hydrogen-bond acceptors (Lipinski definition) is 3. The second-order valence-electron chi connectivity index (χ2n) is 5.16. The summed E-state index contributed by atoms with van der Waals surface area (Å²) in [4.78, 5) is 22.3. The molecule has 0 spiro atoms. The van der Waals surface area contributed by atoms with Crippen molar-refractivity contribution in [1.29, 1.82) is 0 Å². The summed E-state index contributed by atoms with van der Waals surface area (Å²) in [5.74, 6) is -6.47. The molecule has 5 nitrogen and oxygen atoms in total. The molecule has 27 heavy (non-hydrogen) atoms. The number of alkyl halides is 3. The summed E-state index contributed by atoms with van der Waals surface area (Å²) in [6.07, 6.45) is -6.14. The number of nitrogens with one attached hydrogen (secondary N) is 1. The van der Waals surface area contributed by atoms with E-state index < -0.39 is 48.3 Å². The third kappa shape index (κ3) is 8.23. The van der Waals surface area contributed by atoms with Gasteiger partial charge < -0.3 is 15.2 Å². The van der Waals surface area contributed by atoms with Crippen molar-refractivity contribution < 1.29 is 37.0 Å². The number of rotatable bonds is 8. The van der Waals surface area contributed by atoms with Gasteiger partial charge >= 0.3 is 12.1 Å². The van der Waals surface area contributed by atoms with Crippen LogP contribution in [0.25, 0.3) is 0 Å². The minimum Gasteiger partial charge on any atom is -0.488 e. The fourth-order valence-corrected chi connectivity index (χ4v) is 2.20. The maximum absolute atomic E-state index is 13.9. The zero-order valence-electron chi connectivity index (χ0n) is 13.2. The van der Waals surface area contributed by atoms with E-state index in [1.165, 1.54) is 6.08 Å². The second kappa shape index (κ2) is 10.0. The van der Waals surface area contributed by atoms with Crippen LogP contribution in [0, 0.1) is 11.7 Å². The van der Waals surface area contributed by atoms with E-state index in [1.807, 2.05) is 5.32 Å². The molecule has 0 saturated heterocycles. The molecule has 1 atom stereocenters. The van der Waals surface area contributed by atoms with Crippen LogP contribution in [-0.4, -0.2) is 29.8 Å². The Bertz CT molecular complexity index is 737. The van der Waals surface area contributed by atoms with Gasteiger partial charge in [0, 0.05) is 12.5 Å². The first-order valence-electron chi connectivity index (χ1n) is 7.11. The third-order valence-electron chi connectivity index (χ3n) is 3.09. The van der Waals surface area contributed by atoms with Crippen molar-refractivity contribution in [2.75, 3.05) is 11.9 Å². The van der Waals surface area contributed by atoms with Crippen LogP contribution < -0.4 is 10.1 Å². The lowest BCUT2D eigenvalue weighted by Crippen LogP contribution is -2.30. The first-order valence-corrected chi connectivity index (χ1v) is 8.25. The molecule has 12 heteroatoms. The van der Waals surface area contributed by atoms with E-state index in [9.17, 15) is 27.2 Å². The summed E-state index contributed by atoms with van der Waals surface area (Å²) >= 11 is 16.6. The highest BCUT2D eigenvalue weighted by Gasteiger charge is 2.42. The molecule has 2 N–H and O–H groups in total. The number of ether oxygens (including phenoxy) is 1. The number of amides is 1. The number of carbonyl (C=O) groups is 2. The summed E-state index contributed by atoms with van der Waals surface area (Å²) in [5, 5.41) is 10.3. The molecule has 1 aromatic rings. The van der Waals surface area contributed by atoms with E-state index in [0.717, 1.165) is 12.1 Å². The number of carboxylic acid groups (broad SMARTS) is 1. The quantitative estimate of drug-likeness (QED) is 0.534. The molecular weight excluding hydrogens is 441 g/mol. The molecule has 1 unspecified atom stereocenters. The lowest BCUT2D eigenvalue weighted by atomic mass is 10.0. The molecule has 1 rings (SSSR count). The van der Waals surface area contributed by atoms with Gasteiger partial charge in [-0.3, -0.25) is 9.59 Å². The van der Waals surface area contributed by atoms with Gasteiger partial charge in [0.05, 0.1) is 23.0 Å². The van der Waals surface area contributed by atoms with Crippen molar-refractivity contribution in [1.82, 2.24) is 0 Å². The highest BCUT2D eigenvalue weighted by molar-refractivity contribution is 6.55. The van der Waals surface area contributed by atoms with Crippen LogP contribution in [0.5, 0.6) is 5.75 Å². The molecule has 0 bridgehead atoms. The van der Waals surface area contributed by atoms with Crippen molar-refractivity contribution in [3.8, 4) is 5.75 Å². The normalized spacial score (nSPS) is 12.3. The van der Waals surface area contributed by atoms with Crippen LogP contribution in [0.1, 0.15) is 12.8 Å². The first-order chi connectivity index (χ1) is 12.4. The summed E-state index contributed by atoms with van der Waals surface area (Å²) in [5.41, 5.74) is -0.489. The zero-order valence-corrected chi connectivity index (χ0v) is 15.5. The summed E-state index contributed by atoms with van der Waals surface area (Å²) < 4.78 is 57.4. The Morgan fingerprint density at radius 3 is 2.41 bits per heavy atom. The lowest BCUT2D eigenvalue weighted by molar-refractivity contribution is -0.185. The number of carbonyl (C=O) groups excluding carboxylic acids is 1. The Kier molecular flexibility index (Phi) is 8.64. The van der Waals surface area contributed by atoms with Gasteiger partial charge in [-0.1, -0.05) is 34.8 Å². The van der Waals surface area contributed by atoms with Crippen LogP contribution in [0.3, 0.4) is 0 Å². The van der Waals surface area contributed by atoms with Crippen molar-refractivity contribution >= 4 is 52.4 Å². The Balaban J connectivity index is 2.91. The molecule has 0 saturated carbocycles. The smallest absolute Gasteiger partial charge is 0.392 e. The largest absolute Gasteiger partial charge is 0.488 e. The molecule has 1 amide bonds. The standard InChI is InChI=1S/C15H12Cl3F4NO4/c16-8-5-9(19)10(6-11(8)27-2-1-12(17)18)23-13(24)3-7(4-14(25)26)15(20,21)22/h1,5-7H,2-4H2,(H,23,24)(H,25,26). The Hall–Kier alpha value is -1.71. The molecule has 0 aliphatic rings. The van der Waals surface area contributed by atoms with Crippen molar-refractivity contribution in [3.05, 3.63) is 33.5 Å². The predicted octanol–water partition coefficient (Wildman–Crippen LogP) is 5.16. The maximum Gasteiger partial charge on any atom is 0.392 e. The van der Waals surface area contributed by atoms with Gasteiger partial charge in [0.2, 0.25) is 5.91 Å². The number of carboxylic acids is 1. The molecule has 0 heterocycles. The molecule has 0 fully saturated rings. The number of aliphatic carboxylic acids is 1. The number of halogens is 7. The van der Waals surface area contributed by atoms with E-state index in [-0.39, 0.29) is 21.9 Å². The van der Waals surface area contributed by atoms with Gasteiger partial charge in [-0.2, -0.15) is 13.2 Å². The van der Waals surface area contributed by atoms with E-state index >= 15 is 0 Å². The van der Waals surface area contributed by atoms with Crippen molar-refractivity contribution in [2.45, 2.75) is 19.0 Å². The third-order valence-corrected chi connectivity index (χ3v) is 3.69. The minimum atomic E-state index is -4.91. The average molecular weight is 453 g/mol. The van der Waals surface area contributed by atoms with Gasteiger partial charge in [-0.25, -0.2) is 4.39 Å². The van der Waals surface area contributed by atoms with Crippen LogP contribution in [0.4, 0.5) is 23.2 Å². The molecule has 0 radical (unpaired) electrons. The Morgan fingerprint density at radius 2 is 1.89 bits per heavy atom. The van der Waals surface area contributed by atoms with Crippen LogP contribution >= 0.6 is 34.8 Å².